The molecule has 2 rings (SSSR count). The summed E-state index contributed by atoms with van der Waals surface area (Å²) in [6.07, 6.45) is 4.01. The van der Waals surface area contributed by atoms with Gasteiger partial charge in [-0.2, -0.15) is 13.5 Å². The topological polar surface area (TPSA) is 85.7 Å². The van der Waals surface area contributed by atoms with Crippen molar-refractivity contribution in [2.24, 2.45) is 12.2 Å². The third-order valence-corrected chi connectivity index (χ3v) is 4.10. The van der Waals surface area contributed by atoms with Crippen molar-refractivity contribution in [2.45, 2.75) is 12.5 Å². The van der Waals surface area contributed by atoms with E-state index in [4.69, 9.17) is 5.14 Å². The number of hydrogen-bond donors (Lipinski definition) is 2. The summed E-state index contributed by atoms with van der Waals surface area (Å²) in [5, 5.41) is 9.29. The first-order valence-electron chi connectivity index (χ1n) is 5.50. The molecule has 0 saturated carbocycles. The maximum atomic E-state index is 11.7. The normalized spacial score (nSPS) is 25.1. The molecular weight excluding hydrogens is 242 g/mol. The standard InChI is InChI=1S/C9H17N5O2S/c1-12-4-3-8(6-12)14(17(10,15)16)9-5-11-13(2)7-9/h5,7-8H,3-4,6H2,1-2H3,(H2,10,15,16)/p+1/t8-/m1/s1. The number of hydrogen-bond acceptors (Lipinski definition) is 3. The van der Waals surface area contributed by atoms with Crippen molar-refractivity contribution < 1.29 is 13.3 Å². The Balaban J connectivity index is 2.33. The molecule has 17 heavy (non-hydrogen) atoms. The predicted molar refractivity (Wildman–Crippen MR) is 63.8 cm³/mol. The van der Waals surface area contributed by atoms with Crippen LogP contribution in [0, 0.1) is 0 Å². The first kappa shape index (κ1) is 12.3. The first-order chi connectivity index (χ1) is 7.88. The zero-order valence-corrected chi connectivity index (χ0v) is 10.8. The van der Waals surface area contributed by atoms with E-state index in [9.17, 15) is 8.42 Å². The molecule has 8 heteroatoms. The lowest BCUT2D eigenvalue weighted by Crippen LogP contribution is -3.07. The summed E-state index contributed by atoms with van der Waals surface area (Å²) >= 11 is 0. The first-order valence-corrected chi connectivity index (χ1v) is 7.00. The lowest BCUT2D eigenvalue weighted by molar-refractivity contribution is -0.866. The molecule has 1 aliphatic rings. The average Bonchev–Trinajstić information content (AvgIpc) is 2.75. The van der Waals surface area contributed by atoms with Crippen LogP contribution in [-0.4, -0.2) is 44.4 Å². The second-order valence-electron chi connectivity index (χ2n) is 4.57. The molecular formula is C9H18N5O2S+. The minimum Gasteiger partial charge on any atom is -0.336 e. The third-order valence-electron chi connectivity index (χ3n) is 3.04. The van der Waals surface area contributed by atoms with Gasteiger partial charge < -0.3 is 4.90 Å². The van der Waals surface area contributed by atoms with Gasteiger partial charge in [-0.3, -0.25) is 4.68 Å². The summed E-state index contributed by atoms with van der Waals surface area (Å²) in [6.45, 7) is 1.72. The highest BCUT2D eigenvalue weighted by Crippen LogP contribution is 2.20. The van der Waals surface area contributed by atoms with E-state index >= 15 is 0 Å². The number of likely N-dealkylation sites (N-methyl/N-ethyl adjacent to an activating group) is 1. The van der Waals surface area contributed by atoms with Crippen LogP contribution < -0.4 is 14.3 Å². The molecule has 0 bridgehead atoms. The molecule has 0 aliphatic carbocycles. The zero-order chi connectivity index (χ0) is 12.6. The number of quaternary nitrogens is 1. The van der Waals surface area contributed by atoms with E-state index in [-0.39, 0.29) is 6.04 Å². The van der Waals surface area contributed by atoms with Gasteiger partial charge in [0.05, 0.1) is 32.0 Å². The van der Waals surface area contributed by atoms with Crippen LogP contribution in [0.5, 0.6) is 0 Å². The SMILES string of the molecule is Cn1cc(N([C@@H]2CC[NH+](C)C2)S(N)(=O)=O)cn1. The molecule has 3 N–H and O–H groups in total. The van der Waals surface area contributed by atoms with Crippen molar-refractivity contribution in [3.8, 4) is 0 Å². The fraction of sp³-hybridized carbons (Fsp3) is 0.667. The molecule has 0 spiro atoms. The van der Waals surface area contributed by atoms with Gasteiger partial charge in [-0.15, -0.1) is 0 Å². The summed E-state index contributed by atoms with van der Waals surface area (Å²) in [6, 6.07) is -0.0748. The Morgan fingerprint density at radius 2 is 2.35 bits per heavy atom. The van der Waals surface area contributed by atoms with E-state index in [2.05, 4.69) is 5.10 Å². The number of nitrogens with one attached hydrogen (secondary N) is 1. The fourth-order valence-electron chi connectivity index (χ4n) is 2.31. The zero-order valence-electron chi connectivity index (χ0n) is 10.00. The Morgan fingerprint density at radius 1 is 1.65 bits per heavy atom. The summed E-state index contributed by atoms with van der Waals surface area (Å²) in [7, 11) is 0.0482. The van der Waals surface area contributed by atoms with E-state index < -0.39 is 10.2 Å². The number of aryl methyl sites for hydroxylation is 1. The molecule has 0 amide bonds. The Bertz CT molecular complexity index is 497. The van der Waals surface area contributed by atoms with Crippen LogP contribution in [-0.2, 0) is 17.3 Å². The molecule has 1 aromatic heterocycles. The Kier molecular flexibility index (Phi) is 3.11. The highest BCUT2D eigenvalue weighted by molar-refractivity contribution is 7.90. The second kappa shape index (κ2) is 4.28. The molecule has 7 nitrogen and oxygen atoms in total. The van der Waals surface area contributed by atoms with Crippen molar-refractivity contribution >= 4 is 15.9 Å². The molecule has 1 aliphatic heterocycles. The molecule has 1 unspecified atom stereocenters. The lowest BCUT2D eigenvalue weighted by Gasteiger charge is -2.24. The lowest BCUT2D eigenvalue weighted by atomic mass is 10.2. The number of rotatable bonds is 3. The van der Waals surface area contributed by atoms with Crippen molar-refractivity contribution in [3.63, 3.8) is 0 Å². The van der Waals surface area contributed by atoms with E-state index in [1.807, 2.05) is 7.05 Å². The Morgan fingerprint density at radius 3 is 2.76 bits per heavy atom. The quantitative estimate of drug-likeness (QED) is 0.642. The van der Waals surface area contributed by atoms with Crippen LogP contribution in [0.4, 0.5) is 5.69 Å². The number of nitrogens with zero attached hydrogens (tertiary/aromatic N) is 3. The van der Waals surface area contributed by atoms with E-state index in [0.717, 1.165) is 19.5 Å². The van der Waals surface area contributed by atoms with Crippen molar-refractivity contribution in [1.29, 1.82) is 0 Å². The molecule has 2 heterocycles. The van der Waals surface area contributed by atoms with E-state index in [0.29, 0.717) is 5.69 Å². The Labute approximate surface area is 101 Å². The summed E-state index contributed by atoms with van der Waals surface area (Å²) in [4.78, 5) is 1.31. The minimum atomic E-state index is -3.74. The highest BCUT2D eigenvalue weighted by atomic mass is 32.2. The molecule has 2 atom stereocenters. The predicted octanol–water partition coefficient (Wildman–Crippen LogP) is -2.28. The largest absolute Gasteiger partial charge is 0.336 e. The maximum Gasteiger partial charge on any atom is 0.299 e. The molecule has 1 fully saturated rings. The average molecular weight is 260 g/mol. The van der Waals surface area contributed by atoms with Gasteiger partial charge in [0.2, 0.25) is 0 Å². The van der Waals surface area contributed by atoms with E-state index in [1.165, 1.54) is 15.4 Å². The van der Waals surface area contributed by atoms with Crippen LogP contribution in [0.3, 0.4) is 0 Å². The van der Waals surface area contributed by atoms with Gasteiger partial charge in [0, 0.05) is 19.7 Å². The number of anilines is 1. The summed E-state index contributed by atoms with van der Waals surface area (Å²) < 4.78 is 26.2. The Hall–Kier alpha value is -1.12. The number of likely N-dealkylation sites (tertiary alicyclic amines) is 1. The van der Waals surface area contributed by atoms with Gasteiger partial charge in [-0.1, -0.05) is 0 Å². The number of aromatic nitrogens is 2. The van der Waals surface area contributed by atoms with Crippen LogP contribution in [0.15, 0.2) is 12.4 Å². The van der Waals surface area contributed by atoms with Crippen LogP contribution in [0.25, 0.3) is 0 Å². The van der Waals surface area contributed by atoms with Crippen LogP contribution in [0.2, 0.25) is 0 Å². The number of nitrogens with two attached hydrogens (primary N) is 1. The summed E-state index contributed by atoms with van der Waals surface area (Å²) in [5.41, 5.74) is 0.537. The molecule has 0 radical (unpaired) electrons. The van der Waals surface area contributed by atoms with E-state index in [1.54, 1.807) is 17.9 Å². The molecule has 96 valence electrons. The van der Waals surface area contributed by atoms with Gasteiger partial charge in [0.25, 0.3) is 10.2 Å². The molecule has 1 saturated heterocycles. The van der Waals surface area contributed by atoms with Crippen LogP contribution in [0.1, 0.15) is 6.42 Å². The maximum absolute atomic E-state index is 11.7. The third kappa shape index (κ3) is 2.59. The van der Waals surface area contributed by atoms with Gasteiger partial charge >= 0.3 is 0 Å². The summed E-state index contributed by atoms with van der Waals surface area (Å²) in [5.74, 6) is 0. The molecule has 1 aromatic rings. The van der Waals surface area contributed by atoms with Gasteiger partial charge in [0.15, 0.2) is 0 Å². The second-order valence-corrected chi connectivity index (χ2v) is 5.99. The van der Waals surface area contributed by atoms with Crippen LogP contribution >= 0.6 is 0 Å². The van der Waals surface area contributed by atoms with Gasteiger partial charge in [-0.05, 0) is 0 Å². The smallest absolute Gasteiger partial charge is 0.299 e. The molecule has 0 aromatic carbocycles. The minimum absolute atomic E-state index is 0.0748. The highest BCUT2D eigenvalue weighted by Gasteiger charge is 2.35. The van der Waals surface area contributed by atoms with Crippen molar-refractivity contribution in [2.75, 3.05) is 24.4 Å². The van der Waals surface area contributed by atoms with Crippen molar-refractivity contribution in [3.05, 3.63) is 12.4 Å². The van der Waals surface area contributed by atoms with Crippen molar-refractivity contribution in [1.82, 2.24) is 9.78 Å². The monoisotopic (exact) mass is 260 g/mol. The van der Waals surface area contributed by atoms with Gasteiger partial charge in [0.1, 0.15) is 6.04 Å². The van der Waals surface area contributed by atoms with Gasteiger partial charge in [-0.25, -0.2) is 9.44 Å². The fourth-order valence-corrected chi connectivity index (χ4v) is 3.29.